The highest BCUT2D eigenvalue weighted by atomic mass is 35.5. The minimum Gasteiger partial charge on any atom is -0.360 e. The quantitative estimate of drug-likeness (QED) is 0.305. The van der Waals surface area contributed by atoms with E-state index < -0.39 is 11.7 Å². The molecule has 0 saturated heterocycles. The zero-order valence-corrected chi connectivity index (χ0v) is 20.4. The first kappa shape index (κ1) is 23.2. The predicted octanol–water partition coefficient (Wildman–Crippen LogP) is 7.98. The number of halogens is 1. The minimum absolute atomic E-state index is 0.0176. The number of ketones is 1. The van der Waals surface area contributed by atoms with Crippen LogP contribution in [0.1, 0.15) is 44.9 Å². The van der Waals surface area contributed by atoms with Crippen LogP contribution >= 0.6 is 11.6 Å². The molecule has 0 N–H and O–H groups in total. The first-order valence-electron chi connectivity index (χ1n) is 11.1. The Kier molecular flexibility index (Phi) is 6.38. The van der Waals surface area contributed by atoms with Gasteiger partial charge in [-0.25, -0.2) is 0 Å². The van der Waals surface area contributed by atoms with Gasteiger partial charge in [0, 0.05) is 17.4 Å². The molecule has 3 aromatic carbocycles. The monoisotopic (exact) mass is 457 g/mol. The van der Waals surface area contributed by atoms with Crippen LogP contribution in [0.15, 0.2) is 73.1 Å². The third-order valence-electron chi connectivity index (χ3n) is 5.64. The highest BCUT2D eigenvalue weighted by Gasteiger charge is 2.29. The molecular formula is C29H28ClNO2. The van der Waals surface area contributed by atoms with Crippen molar-refractivity contribution in [2.45, 2.75) is 46.3 Å². The highest BCUT2D eigenvalue weighted by molar-refractivity contribution is 6.30. The second kappa shape index (κ2) is 9.09. The van der Waals surface area contributed by atoms with Gasteiger partial charge < -0.3 is 4.74 Å². The summed E-state index contributed by atoms with van der Waals surface area (Å²) in [7, 11) is 0. The fraction of sp³-hybridized carbons (Fsp3) is 0.241. The molecule has 0 aliphatic heterocycles. The Balaban J connectivity index is 2.02. The van der Waals surface area contributed by atoms with Crippen molar-refractivity contribution in [2.75, 3.05) is 0 Å². The van der Waals surface area contributed by atoms with Gasteiger partial charge in [-0.2, -0.15) is 0 Å². The lowest BCUT2D eigenvalue weighted by atomic mass is 9.85. The van der Waals surface area contributed by atoms with Crippen LogP contribution < -0.4 is 0 Å². The van der Waals surface area contributed by atoms with Crippen LogP contribution in [0.3, 0.4) is 0 Å². The maximum atomic E-state index is 12.8. The molecule has 168 valence electrons. The zero-order chi connectivity index (χ0) is 23.8. The molecule has 0 unspecified atom stereocenters. The number of fused-ring (bicyclic) bond motifs is 1. The van der Waals surface area contributed by atoms with E-state index in [9.17, 15) is 4.79 Å². The largest absolute Gasteiger partial charge is 0.360 e. The van der Waals surface area contributed by atoms with Crippen molar-refractivity contribution >= 4 is 28.2 Å². The number of aryl methyl sites for hydroxylation is 1. The van der Waals surface area contributed by atoms with Crippen LogP contribution in [0.5, 0.6) is 0 Å². The fourth-order valence-electron chi connectivity index (χ4n) is 4.25. The number of benzene rings is 3. The van der Waals surface area contributed by atoms with Crippen molar-refractivity contribution < 1.29 is 9.53 Å². The van der Waals surface area contributed by atoms with Gasteiger partial charge in [-0.05, 0) is 109 Å². The van der Waals surface area contributed by atoms with Gasteiger partial charge >= 0.3 is 0 Å². The van der Waals surface area contributed by atoms with Gasteiger partial charge in [0.25, 0.3) is 0 Å². The Hall–Kier alpha value is -3.01. The molecule has 0 spiro atoms. The summed E-state index contributed by atoms with van der Waals surface area (Å²) in [5, 5.41) is 2.85. The molecule has 0 fully saturated rings. The van der Waals surface area contributed by atoms with Crippen LogP contribution in [0.25, 0.3) is 33.0 Å². The number of carbonyl (C=O) groups is 1. The first-order chi connectivity index (χ1) is 15.6. The standard InChI is InChI=1S/C29H28ClNO2/c1-18-16-23-17-22(20-12-14-31-15-13-20)8-11-25(23)27(21-6-9-24(30)10-7-21)26(18)28(19(2)32)33-29(3,4)5/h6-17,28H,1-5H3/t28-/m1/s1. The van der Waals surface area contributed by atoms with Gasteiger partial charge in [-0.1, -0.05) is 41.9 Å². The second-order valence-corrected chi connectivity index (χ2v) is 9.82. The Labute approximate surface area is 200 Å². The Morgan fingerprint density at radius 2 is 1.55 bits per heavy atom. The molecule has 4 aromatic rings. The normalized spacial score (nSPS) is 12.7. The topological polar surface area (TPSA) is 39.2 Å². The van der Waals surface area contributed by atoms with E-state index in [4.69, 9.17) is 16.3 Å². The lowest BCUT2D eigenvalue weighted by Crippen LogP contribution is -2.27. The summed E-state index contributed by atoms with van der Waals surface area (Å²) in [6, 6.07) is 20.4. The van der Waals surface area contributed by atoms with Gasteiger partial charge in [0.1, 0.15) is 6.10 Å². The molecule has 1 atom stereocenters. The van der Waals surface area contributed by atoms with Crippen molar-refractivity contribution in [3.05, 3.63) is 89.2 Å². The number of rotatable bonds is 5. The summed E-state index contributed by atoms with van der Waals surface area (Å²) < 4.78 is 6.31. The van der Waals surface area contributed by atoms with Crippen molar-refractivity contribution in [3.8, 4) is 22.3 Å². The van der Waals surface area contributed by atoms with E-state index in [2.05, 4.69) is 36.2 Å². The summed E-state index contributed by atoms with van der Waals surface area (Å²) >= 11 is 6.19. The van der Waals surface area contributed by atoms with Crippen LogP contribution in [-0.4, -0.2) is 16.4 Å². The molecule has 3 nitrogen and oxygen atoms in total. The molecule has 0 amide bonds. The molecule has 4 heteroatoms. The van der Waals surface area contributed by atoms with E-state index in [0.717, 1.165) is 44.2 Å². The molecule has 0 saturated carbocycles. The maximum absolute atomic E-state index is 12.8. The van der Waals surface area contributed by atoms with E-state index >= 15 is 0 Å². The zero-order valence-electron chi connectivity index (χ0n) is 19.6. The highest BCUT2D eigenvalue weighted by Crippen LogP contribution is 2.41. The molecule has 0 bridgehead atoms. The van der Waals surface area contributed by atoms with Gasteiger partial charge in [0.15, 0.2) is 5.78 Å². The number of hydrogen-bond donors (Lipinski definition) is 0. The van der Waals surface area contributed by atoms with E-state index in [1.54, 1.807) is 19.3 Å². The summed E-state index contributed by atoms with van der Waals surface area (Å²) in [6.07, 6.45) is 2.93. The summed E-state index contributed by atoms with van der Waals surface area (Å²) in [4.78, 5) is 17.0. The first-order valence-corrected chi connectivity index (χ1v) is 11.4. The fourth-order valence-corrected chi connectivity index (χ4v) is 4.38. The molecule has 0 radical (unpaired) electrons. The average molecular weight is 458 g/mol. The van der Waals surface area contributed by atoms with Crippen LogP contribution in [0, 0.1) is 6.92 Å². The third-order valence-corrected chi connectivity index (χ3v) is 5.89. The van der Waals surface area contributed by atoms with Gasteiger partial charge in [-0.3, -0.25) is 9.78 Å². The summed E-state index contributed by atoms with van der Waals surface area (Å²) in [6.45, 7) is 9.57. The number of pyridine rings is 1. The molecular weight excluding hydrogens is 430 g/mol. The van der Waals surface area contributed by atoms with Gasteiger partial charge in [0.05, 0.1) is 5.60 Å². The Morgan fingerprint density at radius 3 is 2.15 bits per heavy atom. The lowest BCUT2D eigenvalue weighted by molar-refractivity contribution is -0.138. The van der Waals surface area contributed by atoms with E-state index in [1.807, 2.05) is 57.2 Å². The Bertz CT molecular complexity index is 1310. The minimum atomic E-state index is -0.667. The molecule has 0 aliphatic carbocycles. The maximum Gasteiger partial charge on any atom is 0.163 e. The molecule has 33 heavy (non-hydrogen) atoms. The lowest BCUT2D eigenvalue weighted by Gasteiger charge is -2.29. The number of ether oxygens (including phenoxy) is 1. The van der Waals surface area contributed by atoms with Gasteiger partial charge in [0.2, 0.25) is 0 Å². The number of Topliss-reactive ketones (excluding diaryl/α,β-unsaturated/α-hetero) is 1. The summed E-state index contributed by atoms with van der Waals surface area (Å²) in [5.41, 5.74) is 5.69. The average Bonchev–Trinajstić information content (AvgIpc) is 2.77. The smallest absolute Gasteiger partial charge is 0.163 e. The van der Waals surface area contributed by atoms with Crippen molar-refractivity contribution in [2.24, 2.45) is 0 Å². The van der Waals surface area contributed by atoms with Crippen molar-refractivity contribution in [3.63, 3.8) is 0 Å². The van der Waals surface area contributed by atoms with Crippen LogP contribution in [0.2, 0.25) is 5.02 Å². The third kappa shape index (κ3) is 5.00. The summed E-state index contributed by atoms with van der Waals surface area (Å²) in [5.74, 6) is -0.0176. The molecule has 0 aliphatic rings. The number of carbonyl (C=O) groups excluding carboxylic acids is 1. The molecule has 4 rings (SSSR count). The Morgan fingerprint density at radius 1 is 0.909 bits per heavy atom. The van der Waals surface area contributed by atoms with Crippen molar-refractivity contribution in [1.82, 2.24) is 4.98 Å². The number of hydrogen-bond acceptors (Lipinski definition) is 3. The van der Waals surface area contributed by atoms with E-state index in [0.29, 0.717) is 5.02 Å². The number of nitrogens with zero attached hydrogens (tertiary/aromatic N) is 1. The van der Waals surface area contributed by atoms with Gasteiger partial charge in [-0.15, -0.1) is 0 Å². The number of aromatic nitrogens is 1. The van der Waals surface area contributed by atoms with E-state index in [1.165, 1.54) is 0 Å². The molecule has 1 aromatic heterocycles. The predicted molar refractivity (Wildman–Crippen MR) is 137 cm³/mol. The van der Waals surface area contributed by atoms with Crippen molar-refractivity contribution in [1.29, 1.82) is 0 Å². The molecule has 1 heterocycles. The van der Waals surface area contributed by atoms with Crippen LogP contribution in [0.4, 0.5) is 0 Å². The SMILES string of the molecule is CC(=O)[C@@H](OC(C)(C)C)c1c(C)cc2cc(-c3ccncc3)ccc2c1-c1ccc(Cl)cc1. The van der Waals surface area contributed by atoms with E-state index in [-0.39, 0.29) is 5.78 Å². The second-order valence-electron chi connectivity index (χ2n) is 9.38. The van der Waals surface area contributed by atoms with Crippen LogP contribution in [-0.2, 0) is 9.53 Å².